The molecule has 0 aliphatic heterocycles. The number of halogens is 2. The summed E-state index contributed by atoms with van der Waals surface area (Å²) >= 11 is 12.3. The van der Waals surface area contributed by atoms with E-state index in [1.165, 1.54) is 19.3 Å². The molecule has 0 radical (unpaired) electrons. The molecule has 0 bridgehead atoms. The summed E-state index contributed by atoms with van der Waals surface area (Å²) in [5.41, 5.74) is 0.00514. The minimum atomic E-state index is -0.949. The van der Waals surface area contributed by atoms with E-state index < -0.39 is 9.75 Å². The number of aromatic nitrogens is 1. The Hall–Kier alpha value is -0.800. The lowest BCUT2D eigenvalue weighted by Crippen LogP contribution is -2.34. The molecule has 2 saturated carbocycles. The zero-order chi connectivity index (χ0) is 15.1. The van der Waals surface area contributed by atoms with Gasteiger partial charge >= 0.3 is 0 Å². The zero-order valence-electron chi connectivity index (χ0n) is 12.2. The Kier molecular flexibility index (Phi) is 3.91. The zero-order valence-corrected chi connectivity index (χ0v) is 13.7. The molecule has 1 aromatic rings. The van der Waals surface area contributed by atoms with Crippen molar-refractivity contribution in [1.82, 2.24) is 4.57 Å². The number of carbonyl (C=O) groups excluding carboxylic acids is 1. The van der Waals surface area contributed by atoms with Crippen LogP contribution in [0.1, 0.15) is 50.2 Å². The quantitative estimate of drug-likeness (QED) is 0.758. The Balaban J connectivity index is 1.93. The van der Waals surface area contributed by atoms with Gasteiger partial charge in [-0.1, -0.05) is 25.3 Å². The van der Waals surface area contributed by atoms with Crippen LogP contribution in [0.5, 0.6) is 0 Å². The minimum Gasteiger partial charge on any atom is -0.273 e. The van der Waals surface area contributed by atoms with Crippen LogP contribution in [0.3, 0.4) is 0 Å². The van der Waals surface area contributed by atoms with Gasteiger partial charge < -0.3 is 0 Å². The molecule has 0 unspecified atom stereocenters. The first-order valence-electron chi connectivity index (χ1n) is 7.58. The maximum absolute atomic E-state index is 12.7. The fourth-order valence-electron chi connectivity index (χ4n) is 3.01. The smallest absolute Gasteiger partial charge is 0.241 e. The molecule has 5 heteroatoms. The van der Waals surface area contributed by atoms with E-state index in [9.17, 15) is 4.79 Å². The van der Waals surface area contributed by atoms with E-state index in [-0.39, 0.29) is 5.91 Å². The van der Waals surface area contributed by atoms with Crippen LogP contribution in [-0.4, -0.2) is 20.8 Å². The summed E-state index contributed by atoms with van der Waals surface area (Å²) in [5.74, 6) is -0.0670. The molecule has 114 valence electrons. The van der Waals surface area contributed by atoms with Gasteiger partial charge in [0.05, 0.1) is 11.5 Å². The Morgan fingerprint density at radius 2 is 1.95 bits per heavy atom. The summed E-state index contributed by atoms with van der Waals surface area (Å²) < 4.78 is 0.663. The highest BCUT2D eigenvalue weighted by atomic mass is 35.5. The molecule has 1 aromatic heterocycles. The molecule has 2 aliphatic carbocycles. The molecule has 0 N–H and O–H groups in total. The lowest BCUT2D eigenvalue weighted by Gasteiger charge is -2.18. The first-order valence-corrected chi connectivity index (χ1v) is 8.34. The number of hydrogen-bond acceptors (Lipinski definition) is 2. The first kappa shape index (κ1) is 15.1. The highest BCUT2D eigenvalue weighted by Gasteiger charge is 2.68. The van der Waals surface area contributed by atoms with Gasteiger partial charge in [0, 0.05) is 6.20 Å². The fourth-order valence-corrected chi connectivity index (χ4v) is 3.70. The van der Waals surface area contributed by atoms with Crippen molar-refractivity contribution in [2.24, 2.45) is 10.4 Å². The molecular formula is C16H20Cl2N2O. The van der Waals surface area contributed by atoms with Gasteiger partial charge in [-0.05, 0) is 38.3 Å². The van der Waals surface area contributed by atoms with Crippen LogP contribution in [0.15, 0.2) is 29.4 Å². The summed E-state index contributed by atoms with van der Waals surface area (Å²) in [6.45, 7) is 1.82. The van der Waals surface area contributed by atoms with Gasteiger partial charge in [0.15, 0.2) is 0 Å². The second kappa shape index (κ2) is 5.44. The van der Waals surface area contributed by atoms with Crippen molar-refractivity contribution in [3.63, 3.8) is 0 Å². The number of nitrogens with zero attached hydrogens (tertiary/aromatic N) is 2. The average Bonchev–Trinajstić information content (AvgIpc) is 3.00. The third-order valence-electron chi connectivity index (χ3n) is 4.68. The van der Waals surface area contributed by atoms with Crippen LogP contribution >= 0.6 is 23.2 Å². The molecule has 1 atom stereocenters. The van der Waals surface area contributed by atoms with E-state index >= 15 is 0 Å². The highest BCUT2D eigenvalue weighted by Crippen LogP contribution is 2.64. The Morgan fingerprint density at radius 3 is 2.57 bits per heavy atom. The monoisotopic (exact) mass is 326 g/mol. The van der Waals surface area contributed by atoms with Crippen LogP contribution < -0.4 is 5.49 Å². The predicted molar refractivity (Wildman–Crippen MR) is 84.7 cm³/mol. The van der Waals surface area contributed by atoms with Crippen molar-refractivity contribution in [1.29, 1.82) is 0 Å². The normalized spacial score (nSPS) is 29.4. The molecule has 3 rings (SSSR count). The minimum absolute atomic E-state index is 0.0670. The van der Waals surface area contributed by atoms with Crippen LogP contribution in [0, 0.1) is 5.41 Å². The van der Waals surface area contributed by atoms with Gasteiger partial charge in [-0.15, -0.1) is 23.2 Å². The molecule has 0 amide bonds. The Bertz CT molecular complexity index is 617. The van der Waals surface area contributed by atoms with Gasteiger partial charge in [-0.25, -0.2) is 0 Å². The standard InChI is InChI=1S/C16H20Cl2N2O/c1-15(11-16(15,17)18)14(21)20-10-6-5-9-13(20)19-12-7-3-2-4-8-12/h5-6,9-10,12H,2-4,7-8,11H2,1H3/t15-/m0/s1. The molecule has 3 nitrogen and oxygen atoms in total. The van der Waals surface area contributed by atoms with Crippen molar-refractivity contribution in [3.8, 4) is 0 Å². The second-order valence-electron chi connectivity index (χ2n) is 6.37. The lowest BCUT2D eigenvalue weighted by molar-refractivity contribution is 0.0817. The summed E-state index contributed by atoms with van der Waals surface area (Å²) in [7, 11) is 0. The molecular weight excluding hydrogens is 307 g/mol. The first-order chi connectivity index (χ1) is 9.94. The molecule has 2 aliphatic rings. The van der Waals surface area contributed by atoms with Gasteiger partial charge in [0.2, 0.25) is 5.91 Å². The van der Waals surface area contributed by atoms with E-state index in [4.69, 9.17) is 28.2 Å². The summed E-state index contributed by atoms with van der Waals surface area (Å²) in [5, 5.41) is 0. The number of pyridine rings is 1. The van der Waals surface area contributed by atoms with Crippen LogP contribution in [-0.2, 0) is 0 Å². The van der Waals surface area contributed by atoms with E-state index in [2.05, 4.69) is 0 Å². The van der Waals surface area contributed by atoms with Crippen molar-refractivity contribution in [3.05, 3.63) is 29.9 Å². The summed E-state index contributed by atoms with van der Waals surface area (Å²) in [6.07, 6.45) is 8.20. The van der Waals surface area contributed by atoms with Crippen LogP contribution in [0.2, 0.25) is 0 Å². The Morgan fingerprint density at radius 1 is 1.29 bits per heavy atom. The van der Waals surface area contributed by atoms with Crippen molar-refractivity contribution < 1.29 is 4.79 Å². The molecule has 1 heterocycles. The van der Waals surface area contributed by atoms with E-state index in [1.54, 1.807) is 10.8 Å². The Labute approximate surface area is 135 Å². The topological polar surface area (TPSA) is 34.4 Å². The third-order valence-corrected chi connectivity index (χ3v) is 5.78. The van der Waals surface area contributed by atoms with Crippen molar-refractivity contribution >= 4 is 29.1 Å². The number of hydrogen-bond donors (Lipinski definition) is 0. The maximum Gasteiger partial charge on any atom is 0.241 e. The van der Waals surface area contributed by atoms with Gasteiger partial charge in [-0.3, -0.25) is 14.4 Å². The van der Waals surface area contributed by atoms with Gasteiger partial charge in [0.25, 0.3) is 0 Å². The third kappa shape index (κ3) is 2.78. The van der Waals surface area contributed by atoms with Crippen LogP contribution in [0.25, 0.3) is 0 Å². The van der Waals surface area contributed by atoms with E-state index in [1.807, 2.05) is 25.1 Å². The largest absolute Gasteiger partial charge is 0.273 e. The van der Waals surface area contributed by atoms with Crippen LogP contribution in [0.4, 0.5) is 0 Å². The fraction of sp³-hybridized carbons (Fsp3) is 0.625. The highest BCUT2D eigenvalue weighted by molar-refractivity contribution is 6.53. The lowest BCUT2D eigenvalue weighted by atomic mass is 9.96. The van der Waals surface area contributed by atoms with Crippen molar-refractivity contribution in [2.45, 2.75) is 55.8 Å². The SMILES string of the molecule is C[C@@]1(C(=O)n2ccccc2=NC2CCCCC2)CC1(Cl)Cl. The van der Waals surface area contributed by atoms with E-state index in [0.717, 1.165) is 12.8 Å². The summed E-state index contributed by atoms with van der Waals surface area (Å²) in [4.78, 5) is 17.5. The second-order valence-corrected chi connectivity index (χ2v) is 7.85. The van der Waals surface area contributed by atoms with Crippen molar-refractivity contribution in [2.75, 3.05) is 0 Å². The molecule has 0 saturated heterocycles. The number of alkyl halides is 2. The molecule has 21 heavy (non-hydrogen) atoms. The maximum atomic E-state index is 12.7. The van der Waals surface area contributed by atoms with Gasteiger partial charge in [-0.2, -0.15) is 0 Å². The number of carbonyl (C=O) groups is 1. The summed E-state index contributed by atoms with van der Waals surface area (Å²) in [6, 6.07) is 5.97. The van der Waals surface area contributed by atoms with Gasteiger partial charge in [0.1, 0.15) is 9.82 Å². The molecule has 2 fully saturated rings. The van der Waals surface area contributed by atoms with E-state index in [0.29, 0.717) is 18.0 Å². The average molecular weight is 327 g/mol. The molecule has 0 spiro atoms. The number of rotatable bonds is 2. The molecule has 0 aromatic carbocycles. The predicted octanol–water partition coefficient (Wildman–Crippen LogP) is 3.95.